The normalized spacial score (nSPS) is 21.9. The minimum absolute atomic E-state index is 0.0429. The van der Waals surface area contributed by atoms with Crippen LogP contribution in [0.2, 0.25) is 0 Å². The SMILES string of the molecule is O=C(O)c1cnc2c(c1)C(=O)N([C@@H]1CCCC[C@H]1n1cnc3ccccc31)C2. The number of amides is 1. The highest BCUT2D eigenvalue weighted by molar-refractivity contribution is 6.00. The second-order valence-electron chi connectivity index (χ2n) is 7.52. The van der Waals surface area contributed by atoms with Crippen LogP contribution < -0.4 is 0 Å². The van der Waals surface area contributed by atoms with Gasteiger partial charge in [0, 0.05) is 6.20 Å². The zero-order chi connectivity index (χ0) is 19.3. The number of carbonyl (C=O) groups excluding carboxylic acids is 1. The highest BCUT2D eigenvalue weighted by Gasteiger charge is 2.39. The fourth-order valence-electron chi connectivity index (χ4n) is 4.60. The Bertz CT molecular complexity index is 1090. The quantitative estimate of drug-likeness (QED) is 0.758. The summed E-state index contributed by atoms with van der Waals surface area (Å²) < 4.78 is 2.20. The van der Waals surface area contributed by atoms with Gasteiger partial charge in [-0.2, -0.15) is 0 Å². The predicted molar refractivity (Wildman–Crippen MR) is 102 cm³/mol. The fourth-order valence-corrected chi connectivity index (χ4v) is 4.60. The summed E-state index contributed by atoms with van der Waals surface area (Å²) in [6, 6.07) is 9.70. The molecule has 2 aromatic heterocycles. The van der Waals surface area contributed by atoms with Gasteiger partial charge in [0.25, 0.3) is 5.91 Å². The molecule has 1 fully saturated rings. The molecule has 2 aliphatic rings. The second-order valence-corrected chi connectivity index (χ2v) is 7.52. The third-order valence-corrected chi connectivity index (χ3v) is 5.96. The summed E-state index contributed by atoms with van der Waals surface area (Å²) in [6.45, 7) is 0.432. The zero-order valence-corrected chi connectivity index (χ0v) is 15.3. The molecule has 0 bridgehead atoms. The second kappa shape index (κ2) is 6.44. The molecule has 1 amide bonds. The number of benzene rings is 1. The summed E-state index contributed by atoms with van der Waals surface area (Å²) in [4.78, 5) is 35.0. The van der Waals surface area contributed by atoms with E-state index in [0.29, 0.717) is 17.8 Å². The predicted octanol–water partition coefficient (Wildman–Crippen LogP) is 3.27. The third kappa shape index (κ3) is 2.58. The van der Waals surface area contributed by atoms with Crippen LogP contribution in [0.1, 0.15) is 58.1 Å². The van der Waals surface area contributed by atoms with Crippen molar-refractivity contribution in [3.63, 3.8) is 0 Å². The Morgan fingerprint density at radius 1 is 1.11 bits per heavy atom. The summed E-state index contributed by atoms with van der Waals surface area (Å²) >= 11 is 0. The van der Waals surface area contributed by atoms with Crippen molar-refractivity contribution in [1.82, 2.24) is 19.4 Å². The number of imidazole rings is 1. The van der Waals surface area contributed by atoms with Crippen LogP contribution in [0, 0.1) is 0 Å². The molecule has 2 atom stereocenters. The lowest BCUT2D eigenvalue weighted by molar-refractivity contribution is 0.0574. The molecule has 1 N–H and O–H groups in total. The van der Waals surface area contributed by atoms with E-state index >= 15 is 0 Å². The lowest BCUT2D eigenvalue weighted by atomic mass is 9.89. The highest BCUT2D eigenvalue weighted by atomic mass is 16.4. The molecule has 142 valence electrons. The van der Waals surface area contributed by atoms with Crippen LogP contribution in [-0.2, 0) is 6.54 Å². The van der Waals surface area contributed by atoms with Gasteiger partial charge in [-0.1, -0.05) is 25.0 Å². The van der Waals surface area contributed by atoms with E-state index in [1.165, 1.54) is 12.3 Å². The van der Waals surface area contributed by atoms with Gasteiger partial charge >= 0.3 is 5.97 Å². The molecule has 0 unspecified atom stereocenters. The molecule has 1 aliphatic carbocycles. The first-order valence-corrected chi connectivity index (χ1v) is 9.58. The Morgan fingerprint density at radius 2 is 1.89 bits per heavy atom. The van der Waals surface area contributed by atoms with Gasteiger partial charge in [0.1, 0.15) is 0 Å². The smallest absolute Gasteiger partial charge is 0.337 e. The van der Waals surface area contributed by atoms with Crippen LogP contribution in [0.5, 0.6) is 0 Å². The zero-order valence-electron chi connectivity index (χ0n) is 15.3. The van der Waals surface area contributed by atoms with Crippen LogP contribution in [0.4, 0.5) is 0 Å². The molecular weight excluding hydrogens is 356 g/mol. The van der Waals surface area contributed by atoms with Gasteiger partial charge in [0.15, 0.2) is 0 Å². The Labute approximate surface area is 161 Å². The number of aromatic carboxylic acids is 1. The molecule has 28 heavy (non-hydrogen) atoms. The number of nitrogens with zero attached hydrogens (tertiary/aromatic N) is 4. The fraction of sp³-hybridized carbons (Fsp3) is 0.333. The maximum Gasteiger partial charge on any atom is 0.337 e. The Balaban J connectivity index is 1.50. The lowest BCUT2D eigenvalue weighted by Gasteiger charge is -2.38. The summed E-state index contributed by atoms with van der Waals surface area (Å²) in [5.74, 6) is -1.19. The van der Waals surface area contributed by atoms with Crippen molar-refractivity contribution >= 4 is 22.9 Å². The number of carbonyl (C=O) groups is 2. The molecule has 7 nitrogen and oxygen atoms in total. The Morgan fingerprint density at radius 3 is 2.71 bits per heavy atom. The molecule has 0 spiro atoms. The van der Waals surface area contributed by atoms with Crippen molar-refractivity contribution in [1.29, 1.82) is 0 Å². The maximum absolute atomic E-state index is 13.1. The third-order valence-electron chi connectivity index (χ3n) is 5.96. The minimum atomic E-state index is -1.07. The van der Waals surface area contributed by atoms with Crippen molar-refractivity contribution < 1.29 is 14.7 Å². The van der Waals surface area contributed by atoms with Crippen LogP contribution in [0.3, 0.4) is 0 Å². The molecule has 3 heterocycles. The molecule has 7 heteroatoms. The molecule has 1 aliphatic heterocycles. The van der Waals surface area contributed by atoms with Crippen molar-refractivity contribution in [3.8, 4) is 0 Å². The lowest BCUT2D eigenvalue weighted by Crippen LogP contribution is -2.43. The van der Waals surface area contributed by atoms with Crippen molar-refractivity contribution in [3.05, 3.63) is 59.7 Å². The van der Waals surface area contributed by atoms with Gasteiger partial charge < -0.3 is 14.6 Å². The van der Waals surface area contributed by atoms with Crippen molar-refractivity contribution in [2.45, 2.75) is 44.3 Å². The monoisotopic (exact) mass is 376 g/mol. The average molecular weight is 376 g/mol. The number of fused-ring (bicyclic) bond motifs is 2. The van der Waals surface area contributed by atoms with Crippen molar-refractivity contribution in [2.75, 3.05) is 0 Å². The summed E-state index contributed by atoms with van der Waals surface area (Å²) in [6.07, 6.45) is 7.30. The van der Waals surface area contributed by atoms with Gasteiger partial charge in [-0.25, -0.2) is 9.78 Å². The molecule has 1 saturated carbocycles. The number of rotatable bonds is 3. The molecular formula is C21H20N4O3. The Hall–Kier alpha value is -3.22. The van der Waals surface area contributed by atoms with Gasteiger partial charge in [0.2, 0.25) is 0 Å². The summed E-state index contributed by atoms with van der Waals surface area (Å²) in [7, 11) is 0. The van der Waals surface area contributed by atoms with Crippen LogP contribution in [0.25, 0.3) is 11.0 Å². The van der Waals surface area contributed by atoms with E-state index in [0.717, 1.165) is 36.7 Å². The first-order chi connectivity index (χ1) is 13.6. The van der Waals surface area contributed by atoms with Crippen molar-refractivity contribution in [2.24, 2.45) is 0 Å². The largest absolute Gasteiger partial charge is 0.478 e. The van der Waals surface area contributed by atoms with E-state index in [-0.39, 0.29) is 23.6 Å². The first-order valence-electron chi connectivity index (χ1n) is 9.58. The molecule has 0 saturated heterocycles. The Kier molecular flexibility index (Phi) is 3.89. The van der Waals surface area contributed by atoms with E-state index in [1.807, 2.05) is 29.4 Å². The number of pyridine rings is 1. The van der Waals surface area contributed by atoms with Crippen LogP contribution in [-0.4, -0.2) is 42.5 Å². The number of para-hydroxylation sites is 2. The molecule has 3 aromatic rings. The average Bonchev–Trinajstić information content (AvgIpc) is 3.29. The number of hydrogen-bond donors (Lipinski definition) is 1. The highest BCUT2D eigenvalue weighted by Crippen LogP contribution is 2.37. The standard InChI is InChI=1S/C21H20N4O3/c26-20-14-9-13(21(27)28)10-22-16(14)11-24(20)18-7-3-4-8-19(18)25-12-23-15-5-1-2-6-17(15)25/h1-2,5-6,9-10,12,18-19H,3-4,7-8,11H2,(H,27,28)/t18-,19-/m1/s1. The van der Waals surface area contributed by atoms with E-state index in [1.54, 1.807) is 0 Å². The van der Waals surface area contributed by atoms with Gasteiger partial charge in [-0.05, 0) is 31.0 Å². The van der Waals surface area contributed by atoms with E-state index in [9.17, 15) is 14.7 Å². The number of hydrogen-bond acceptors (Lipinski definition) is 4. The molecule has 1 aromatic carbocycles. The molecule has 5 rings (SSSR count). The van der Waals surface area contributed by atoms with Gasteiger partial charge in [-0.3, -0.25) is 9.78 Å². The van der Waals surface area contributed by atoms with E-state index in [4.69, 9.17) is 0 Å². The van der Waals surface area contributed by atoms with Crippen LogP contribution in [0.15, 0.2) is 42.9 Å². The van der Waals surface area contributed by atoms with E-state index in [2.05, 4.69) is 20.6 Å². The number of carboxylic acids is 1. The summed E-state index contributed by atoms with van der Waals surface area (Å²) in [5.41, 5.74) is 3.16. The number of carboxylic acid groups (broad SMARTS) is 1. The minimum Gasteiger partial charge on any atom is -0.478 e. The topological polar surface area (TPSA) is 88.3 Å². The summed E-state index contributed by atoms with van der Waals surface area (Å²) in [5, 5.41) is 9.21. The molecule has 0 radical (unpaired) electrons. The number of aromatic nitrogens is 3. The van der Waals surface area contributed by atoms with E-state index < -0.39 is 5.97 Å². The maximum atomic E-state index is 13.1. The first kappa shape index (κ1) is 16.9. The van der Waals surface area contributed by atoms with Gasteiger partial charge in [-0.15, -0.1) is 0 Å². The van der Waals surface area contributed by atoms with Crippen LogP contribution >= 0.6 is 0 Å². The van der Waals surface area contributed by atoms with Gasteiger partial charge in [0.05, 0.1) is 52.8 Å².